The van der Waals surface area contributed by atoms with E-state index in [0.717, 1.165) is 27.3 Å². The standard InChI is InChI=1S/C21H18ClN3O2/c1-13-5-7-14(8-6-13)19-23-11-17(20(26)24-19)21(27)25-10-9-16-15(12-25)3-2-4-18(16)22/h2-8,11H,9-10,12H2,1H3,(H,23,24,26). The molecule has 0 atom stereocenters. The predicted molar refractivity (Wildman–Crippen MR) is 105 cm³/mol. The number of fused-ring (bicyclic) bond motifs is 1. The van der Waals surface area contributed by atoms with Gasteiger partial charge in [0.05, 0.1) is 0 Å². The summed E-state index contributed by atoms with van der Waals surface area (Å²) in [7, 11) is 0. The lowest BCUT2D eigenvalue weighted by molar-refractivity contribution is 0.0732. The minimum atomic E-state index is -0.428. The molecule has 1 aromatic heterocycles. The number of nitrogens with zero attached hydrogens (tertiary/aromatic N) is 2. The summed E-state index contributed by atoms with van der Waals surface area (Å²) in [6.07, 6.45) is 2.04. The third-order valence-electron chi connectivity index (χ3n) is 4.85. The fourth-order valence-corrected chi connectivity index (χ4v) is 3.60. The van der Waals surface area contributed by atoms with E-state index >= 15 is 0 Å². The van der Waals surface area contributed by atoms with Crippen molar-refractivity contribution in [1.29, 1.82) is 0 Å². The number of aromatic nitrogens is 2. The number of aromatic amines is 1. The highest BCUT2D eigenvalue weighted by Gasteiger charge is 2.25. The molecular formula is C21H18ClN3O2. The number of amides is 1. The SMILES string of the molecule is Cc1ccc(-c2ncc(C(=O)N3CCc4c(Cl)cccc4C3)c(=O)[nH]2)cc1. The third-order valence-corrected chi connectivity index (χ3v) is 5.20. The molecule has 5 nitrogen and oxygen atoms in total. The van der Waals surface area contributed by atoms with Crippen LogP contribution in [0.2, 0.25) is 5.02 Å². The van der Waals surface area contributed by atoms with Gasteiger partial charge in [0.25, 0.3) is 11.5 Å². The van der Waals surface area contributed by atoms with Gasteiger partial charge in [0.1, 0.15) is 11.4 Å². The number of hydrogen-bond donors (Lipinski definition) is 1. The number of benzene rings is 2. The van der Waals surface area contributed by atoms with Crippen molar-refractivity contribution in [3.8, 4) is 11.4 Å². The molecule has 1 aliphatic heterocycles. The van der Waals surface area contributed by atoms with Crippen molar-refractivity contribution >= 4 is 17.5 Å². The Balaban J connectivity index is 1.59. The third kappa shape index (κ3) is 3.38. The topological polar surface area (TPSA) is 66.1 Å². The largest absolute Gasteiger partial charge is 0.334 e. The minimum absolute atomic E-state index is 0.0522. The monoisotopic (exact) mass is 379 g/mol. The number of nitrogens with one attached hydrogen (secondary N) is 1. The number of H-pyrrole nitrogens is 1. The summed E-state index contributed by atoms with van der Waals surface area (Å²) < 4.78 is 0. The van der Waals surface area contributed by atoms with Crippen LogP contribution in [0.3, 0.4) is 0 Å². The van der Waals surface area contributed by atoms with Crippen LogP contribution >= 0.6 is 11.6 Å². The van der Waals surface area contributed by atoms with E-state index in [1.54, 1.807) is 4.90 Å². The van der Waals surface area contributed by atoms with E-state index < -0.39 is 5.56 Å². The number of carbonyl (C=O) groups excluding carboxylic acids is 1. The average Bonchev–Trinajstić information content (AvgIpc) is 2.68. The molecule has 0 aliphatic carbocycles. The lowest BCUT2D eigenvalue weighted by Gasteiger charge is -2.29. The zero-order valence-electron chi connectivity index (χ0n) is 14.8. The van der Waals surface area contributed by atoms with Gasteiger partial charge in [-0.1, -0.05) is 53.6 Å². The van der Waals surface area contributed by atoms with Gasteiger partial charge in [-0.25, -0.2) is 4.98 Å². The lowest BCUT2D eigenvalue weighted by atomic mass is 9.99. The van der Waals surface area contributed by atoms with Crippen LogP contribution in [0.1, 0.15) is 27.0 Å². The van der Waals surface area contributed by atoms with E-state index in [4.69, 9.17) is 11.6 Å². The van der Waals surface area contributed by atoms with E-state index in [9.17, 15) is 9.59 Å². The second-order valence-electron chi connectivity index (χ2n) is 6.69. The first-order valence-corrected chi connectivity index (χ1v) is 9.12. The van der Waals surface area contributed by atoms with Gasteiger partial charge in [-0.2, -0.15) is 0 Å². The summed E-state index contributed by atoms with van der Waals surface area (Å²) in [6.45, 7) is 2.95. The first-order chi connectivity index (χ1) is 13.0. The first kappa shape index (κ1) is 17.5. The van der Waals surface area contributed by atoms with Gasteiger partial charge in [0, 0.05) is 29.9 Å². The molecule has 136 valence electrons. The number of hydrogen-bond acceptors (Lipinski definition) is 3. The molecule has 2 aromatic carbocycles. The van der Waals surface area contributed by atoms with Gasteiger partial charge in [0.2, 0.25) is 0 Å². The van der Waals surface area contributed by atoms with E-state index in [1.807, 2.05) is 49.4 Å². The van der Waals surface area contributed by atoms with Crippen LogP contribution in [0.4, 0.5) is 0 Å². The molecule has 6 heteroatoms. The molecular weight excluding hydrogens is 362 g/mol. The van der Waals surface area contributed by atoms with Gasteiger partial charge < -0.3 is 9.88 Å². The van der Waals surface area contributed by atoms with Gasteiger partial charge in [-0.3, -0.25) is 9.59 Å². The predicted octanol–water partition coefficient (Wildman–Crippen LogP) is 3.60. The Morgan fingerprint density at radius 3 is 2.70 bits per heavy atom. The Hall–Kier alpha value is -2.92. The van der Waals surface area contributed by atoms with E-state index in [1.165, 1.54) is 6.20 Å². The lowest BCUT2D eigenvalue weighted by Crippen LogP contribution is -2.38. The molecule has 1 N–H and O–H groups in total. The Bertz CT molecular complexity index is 1070. The van der Waals surface area contributed by atoms with Crippen LogP contribution in [0.5, 0.6) is 0 Å². The molecule has 0 unspecified atom stereocenters. The molecule has 0 radical (unpaired) electrons. The van der Waals surface area contributed by atoms with Gasteiger partial charge in [0.15, 0.2) is 0 Å². The van der Waals surface area contributed by atoms with Gasteiger partial charge in [-0.15, -0.1) is 0 Å². The highest BCUT2D eigenvalue weighted by atomic mass is 35.5. The molecule has 0 saturated heterocycles. The van der Waals surface area contributed by atoms with Crippen molar-refractivity contribution in [3.05, 3.63) is 86.3 Å². The quantitative estimate of drug-likeness (QED) is 0.739. The van der Waals surface area contributed by atoms with Crippen LogP contribution in [-0.4, -0.2) is 27.3 Å². The molecule has 27 heavy (non-hydrogen) atoms. The van der Waals surface area contributed by atoms with Crippen molar-refractivity contribution in [2.75, 3.05) is 6.54 Å². The van der Waals surface area contributed by atoms with Crippen LogP contribution < -0.4 is 5.56 Å². The number of halogens is 1. The minimum Gasteiger partial charge on any atom is -0.334 e. The highest BCUT2D eigenvalue weighted by Crippen LogP contribution is 2.26. The van der Waals surface area contributed by atoms with Crippen molar-refractivity contribution < 1.29 is 4.79 Å². The molecule has 0 spiro atoms. The second kappa shape index (κ2) is 7.00. The number of aryl methyl sites for hydroxylation is 1. The van der Waals surface area contributed by atoms with Crippen molar-refractivity contribution in [2.24, 2.45) is 0 Å². The van der Waals surface area contributed by atoms with Crippen LogP contribution in [0.15, 0.2) is 53.5 Å². The van der Waals surface area contributed by atoms with E-state index in [-0.39, 0.29) is 11.5 Å². The van der Waals surface area contributed by atoms with Gasteiger partial charge >= 0.3 is 0 Å². The molecule has 0 bridgehead atoms. The smallest absolute Gasteiger partial charge is 0.264 e. The summed E-state index contributed by atoms with van der Waals surface area (Å²) >= 11 is 6.23. The summed E-state index contributed by atoms with van der Waals surface area (Å²) in [6, 6.07) is 13.4. The molecule has 0 fully saturated rings. The van der Waals surface area contributed by atoms with Crippen molar-refractivity contribution in [2.45, 2.75) is 19.9 Å². The maximum absolute atomic E-state index is 12.8. The molecule has 1 amide bonds. The molecule has 4 rings (SSSR count). The van der Waals surface area contributed by atoms with E-state index in [2.05, 4.69) is 9.97 Å². The fourth-order valence-electron chi connectivity index (χ4n) is 3.31. The Labute approximate surface area is 161 Å². The highest BCUT2D eigenvalue weighted by molar-refractivity contribution is 6.31. The number of rotatable bonds is 2. The zero-order valence-corrected chi connectivity index (χ0v) is 15.6. The van der Waals surface area contributed by atoms with Crippen LogP contribution in [0.25, 0.3) is 11.4 Å². The van der Waals surface area contributed by atoms with Crippen LogP contribution in [0, 0.1) is 6.92 Å². The van der Waals surface area contributed by atoms with Gasteiger partial charge in [-0.05, 0) is 30.5 Å². The average molecular weight is 380 g/mol. The zero-order chi connectivity index (χ0) is 19.0. The Kier molecular flexibility index (Phi) is 4.54. The fraction of sp³-hybridized carbons (Fsp3) is 0.190. The maximum Gasteiger partial charge on any atom is 0.264 e. The molecule has 3 aromatic rings. The van der Waals surface area contributed by atoms with E-state index in [0.29, 0.717) is 25.3 Å². The summed E-state index contributed by atoms with van der Waals surface area (Å²) in [5, 5.41) is 0.724. The van der Waals surface area contributed by atoms with Crippen molar-refractivity contribution in [3.63, 3.8) is 0 Å². The first-order valence-electron chi connectivity index (χ1n) is 8.75. The Morgan fingerprint density at radius 1 is 1.19 bits per heavy atom. The number of carbonyl (C=O) groups is 1. The summed E-state index contributed by atoms with van der Waals surface area (Å²) in [4.78, 5) is 34.0. The Morgan fingerprint density at radius 2 is 1.96 bits per heavy atom. The van der Waals surface area contributed by atoms with Crippen molar-refractivity contribution in [1.82, 2.24) is 14.9 Å². The van der Waals surface area contributed by atoms with Crippen LogP contribution in [-0.2, 0) is 13.0 Å². The molecule has 0 saturated carbocycles. The summed E-state index contributed by atoms with van der Waals surface area (Å²) in [5.74, 6) is 0.136. The molecule has 1 aliphatic rings. The second-order valence-corrected chi connectivity index (χ2v) is 7.10. The maximum atomic E-state index is 12.8. The molecule has 2 heterocycles. The normalized spacial score (nSPS) is 13.3. The summed E-state index contributed by atoms with van der Waals surface area (Å²) in [5.41, 5.74) is 3.64.